The molecule has 26 heavy (non-hydrogen) atoms. The first kappa shape index (κ1) is 21.6. The van der Waals surface area contributed by atoms with Gasteiger partial charge in [0.2, 0.25) is 0 Å². The number of rotatable bonds is 9. The molecule has 0 aromatic heterocycles. The standard InChI is InChI=1S/C15H15F7N2O2/c1-3-7-26-11-6-5-10(8-12(11)25-4-2)9-23-24-15(21,22)13(16,17)14(18,19)20/h3,5-6,8-9,24H,1,4,7H2,2H3/b23-9+. The van der Waals surface area contributed by atoms with E-state index >= 15 is 0 Å². The minimum Gasteiger partial charge on any atom is -0.490 e. The average Bonchev–Trinajstić information content (AvgIpc) is 2.53. The molecule has 1 aromatic carbocycles. The molecule has 0 atom stereocenters. The zero-order valence-corrected chi connectivity index (χ0v) is 13.4. The fourth-order valence-electron chi connectivity index (χ4n) is 1.58. The number of hydrogen-bond donors (Lipinski definition) is 1. The fraction of sp³-hybridized carbons (Fsp3) is 0.400. The summed E-state index contributed by atoms with van der Waals surface area (Å²) in [4.78, 5) is 0. The lowest BCUT2D eigenvalue weighted by Crippen LogP contribution is -2.58. The van der Waals surface area contributed by atoms with E-state index in [1.807, 2.05) is 0 Å². The van der Waals surface area contributed by atoms with Crippen LogP contribution in [-0.4, -0.2) is 37.6 Å². The van der Waals surface area contributed by atoms with Gasteiger partial charge in [0, 0.05) is 0 Å². The third-order valence-electron chi connectivity index (χ3n) is 2.79. The summed E-state index contributed by atoms with van der Waals surface area (Å²) in [6, 6.07) is -1.64. The van der Waals surface area contributed by atoms with Crippen LogP contribution in [0.5, 0.6) is 11.5 Å². The lowest BCUT2D eigenvalue weighted by molar-refractivity contribution is -0.361. The predicted octanol–water partition coefficient (Wildman–Crippen LogP) is 4.36. The molecule has 146 valence electrons. The van der Waals surface area contributed by atoms with Gasteiger partial charge in [0.05, 0.1) is 12.8 Å². The van der Waals surface area contributed by atoms with Gasteiger partial charge in [-0.2, -0.15) is 35.8 Å². The van der Waals surface area contributed by atoms with E-state index in [4.69, 9.17) is 9.47 Å². The van der Waals surface area contributed by atoms with Crippen LogP contribution in [0.1, 0.15) is 12.5 Å². The Hall–Kier alpha value is -2.46. The molecule has 0 heterocycles. The summed E-state index contributed by atoms with van der Waals surface area (Å²) in [5.74, 6) is -5.80. The lowest BCUT2D eigenvalue weighted by atomic mass is 10.2. The van der Waals surface area contributed by atoms with E-state index in [1.54, 1.807) is 6.92 Å². The molecule has 1 N–H and O–H groups in total. The van der Waals surface area contributed by atoms with E-state index in [9.17, 15) is 30.7 Å². The van der Waals surface area contributed by atoms with Crippen molar-refractivity contribution < 1.29 is 40.2 Å². The van der Waals surface area contributed by atoms with Crippen LogP contribution < -0.4 is 14.9 Å². The predicted molar refractivity (Wildman–Crippen MR) is 80.0 cm³/mol. The van der Waals surface area contributed by atoms with Crippen molar-refractivity contribution in [1.29, 1.82) is 0 Å². The molecule has 0 bridgehead atoms. The van der Waals surface area contributed by atoms with Crippen LogP contribution >= 0.6 is 0 Å². The molecule has 11 heteroatoms. The highest BCUT2D eigenvalue weighted by Gasteiger charge is 2.73. The van der Waals surface area contributed by atoms with Crippen molar-refractivity contribution in [1.82, 2.24) is 5.43 Å². The van der Waals surface area contributed by atoms with Crippen molar-refractivity contribution in [2.24, 2.45) is 5.10 Å². The summed E-state index contributed by atoms with van der Waals surface area (Å²) < 4.78 is 98.1. The Labute approximate surface area is 144 Å². The molecule has 1 rings (SSSR count). The highest BCUT2D eigenvalue weighted by Crippen LogP contribution is 2.45. The Kier molecular flexibility index (Phi) is 6.87. The van der Waals surface area contributed by atoms with E-state index in [1.165, 1.54) is 24.3 Å². The van der Waals surface area contributed by atoms with Gasteiger partial charge in [-0.05, 0) is 30.7 Å². The van der Waals surface area contributed by atoms with Crippen LogP contribution in [0.4, 0.5) is 30.7 Å². The maximum absolute atomic E-state index is 13.1. The van der Waals surface area contributed by atoms with Crippen molar-refractivity contribution in [2.45, 2.75) is 25.1 Å². The van der Waals surface area contributed by atoms with Gasteiger partial charge in [0.1, 0.15) is 6.61 Å². The summed E-state index contributed by atoms with van der Waals surface area (Å²) in [7, 11) is 0. The molecule has 0 unspecified atom stereocenters. The molecule has 0 saturated carbocycles. The van der Waals surface area contributed by atoms with Crippen molar-refractivity contribution in [3.05, 3.63) is 36.4 Å². The van der Waals surface area contributed by atoms with E-state index in [0.717, 1.165) is 0 Å². The fourth-order valence-corrected chi connectivity index (χ4v) is 1.58. The quantitative estimate of drug-likeness (QED) is 0.225. The smallest absolute Gasteiger partial charge is 0.462 e. The molecule has 0 fully saturated rings. The number of nitrogens with zero attached hydrogens (tertiary/aromatic N) is 1. The molecule has 0 radical (unpaired) electrons. The summed E-state index contributed by atoms with van der Waals surface area (Å²) in [5, 5.41) is 2.77. The zero-order valence-electron chi connectivity index (χ0n) is 13.4. The van der Waals surface area contributed by atoms with Gasteiger partial charge >= 0.3 is 18.1 Å². The monoisotopic (exact) mass is 388 g/mol. The number of hydrogen-bond acceptors (Lipinski definition) is 4. The van der Waals surface area contributed by atoms with Crippen LogP contribution in [0.15, 0.2) is 36.0 Å². The SMILES string of the molecule is C=CCOc1ccc(/C=N/NC(F)(F)C(F)(F)C(F)(F)F)cc1OCC. The van der Waals surface area contributed by atoms with Crippen LogP contribution in [-0.2, 0) is 0 Å². The van der Waals surface area contributed by atoms with Crippen molar-refractivity contribution >= 4 is 6.21 Å². The molecule has 0 spiro atoms. The zero-order chi connectivity index (χ0) is 20.0. The Bertz CT molecular complexity index is 645. The van der Waals surface area contributed by atoms with Crippen molar-refractivity contribution in [2.75, 3.05) is 13.2 Å². The molecule has 0 amide bonds. The van der Waals surface area contributed by atoms with Gasteiger partial charge in [-0.1, -0.05) is 12.7 Å². The number of alkyl halides is 7. The van der Waals surface area contributed by atoms with Crippen LogP contribution in [0.2, 0.25) is 0 Å². The van der Waals surface area contributed by atoms with Crippen LogP contribution in [0.25, 0.3) is 0 Å². The average molecular weight is 388 g/mol. The second-order valence-corrected chi connectivity index (χ2v) is 4.76. The van der Waals surface area contributed by atoms with Gasteiger partial charge in [-0.3, -0.25) is 0 Å². The normalized spacial score (nSPS) is 12.9. The topological polar surface area (TPSA) is 42.8 Å². The highest BCUT2D eigenvalue weighted by molar-refractivity contribution is 5.80. The minimum atomic E-state index is -6.44. The highest BCUT2D eigenvalue weighted by atomic mass is 19.4. The van der Waals surface area contributed by atoms with E-state index in [-0.39, 0.29) is 24.5 Å². The molecule has 0 aliphatic rings. The number of ether oxygens (including phenoxy) is 2. The third-order valence-corrected chi connectivity index (χ3v) is 2.79. The molecule has 0 aliphatic heterocycles. The minimum absolute atomic E-state index is 0.0954. The summed E-state index contributed by atoms with van der Waals surface area (Å²) in [6.45, 7) is 5.52. The first-order chi connectivity index (χ1) is 12.0. The number of hydrazone groups is 1. The van der Waals surface area contributed by atoms with Crippen molar-refractivity contribution in [3.8, 4) is 11.5 Å². The first-order valence-electron chi connectivity index (χ1n) is 7.09. The van der Waals surface area contributed by atoms with Gasteiger partial charge in [0.25, 0.3) is 0 Å². The van der Waals surface area contributed by atoms with Gasteiger partial charge in [-0.15, -0.1) is 0 Å². The van der Waals surface area contributed by atoms with Gasteiger partial charge in [-0.25, -0.2) is 5.43 Å². The lowest BCUT2D eigenvalue weighted by Gasteiger charge is -2.27. The summed E-state index contributed by atoms with van der Waals surface area (Å²) >= 11 is 0. The maximum Gasteiger partial charge on any atom is 0.462 e. The Balaban J connectivity index is 2.94. The largest absolute Gasteiger partial charge is 0.490 e. The Morgan fingerprint density at radius 2 is 1.73 bits per heavy atom. The Morgan fingerprint density at radius 1 is 1.08 bits per heavy atom. The van der Waals surface area contributed by atoms with Crippen LogP contribution in [0, 0.1) is 0 Å². The van der Waals surface area contributed by atoms with Gasteiger partial charge in [0.15, 0.2) is 11.5 Å². The summed E-state index contributed by atoms with van der Waals surface area (Å²) in [6.07, 6.45) is -4.33. The van der Waals surface area contributed by atoms with E-state index in [2.05, 4.69) is 11.7 Å². The molecular weight excluding hydrogens is 373 g/mol. The number of benzene rings is 1. The van der Waals surface area contributed by atoms with E-state index < -0.39 is 18.1 Å². The maximum atomic E-state index is 13.1. The molecule has 0 saturated heterocycles. The second-order valence-electron chi connectivity index (χ2n) is 4.76. The number of nitrogens with one attached hydrogen (secondary N) is 1. The van der Waals surface area contributed by atoms with E-state index in [0.29, 0.717) is 17.4 Å². The van der Waals surface area contributed by atoms with Crippen LogP contribution in [0.3, 0.4) is 0 Å². The molecule has 0 aliphatic carbocycles. The molecule has 4 nitrogen and oxygen atoms in total. The molecular formula is C15H15F7N2O2. The Morgan fingerprint density at radius 3 is 2.27 bits per heavy atom. The molecule has 1 aromatic rings. The first-order valence-corrected chi connectivity index (χ1v) is 7.09. The second kappa shape index (κ2) is 8.28. The summed E-state index contributed by atoms with van der Waals surface area (Å²) in [5.41, 5.74) is 0.631. The number of halogens is 7. The third kappa shape index (κ3) is 5.02. The van der Waals surface area contributed by atoms with Gasteiger partial charge < -0.3 is 9.47 Å². The van der Waals surface area contributed by atoms with Crippen molar-refractivity contribution in [3.63, 3.8) is 0 Å².